The Labute approximate surface area is 161 Å². The number of nitrogens with zero attached hydrogens (tertiary/aromatic N) is 1. The standard InChI is InChI=1S/C20H20N2O4S/c1-25-16-9-6-5-8-14(16)20(24)26-12-18(23)22-19-15(11-21)13-7-3-2-4-10-17(13)27-19/h5-6,8-9H,2-4,7,10,12H2,1H3,(H,22,23). The largest absolute Gasteiger partial charge is 0.496 e. The molecule has 1 aliphatic carbocycles. The molecular formula is C20H20N2O4S. The van der Waals surface area contributed by atoms with Gasteiger partial charge < -0.3 is 14.8 Å². The SMILES string of the molecule is COc1ccccc1C(=O)OCC(=O)Nc1sc2c(c1C#N)CCCCC2. The van der Waals surface area contributed by atoms with Crippen molar-refractivity contribution < 1.29 is 19.1 Å². The highest BCUT2D eigenvalue weighted by Gasteiger charge is 2.21. The predicted molar refractivity (Wildman–Crippen MR) is 102 cm³/mol. The maximum Gasteiger partial charge on any atom is 0.342 e. The second-order valence-electron chi connectivity index (χ2n) is 6.20. The van der Waals surface area contributed by atoms with Crippen molar-refractivity contribution in [2.45, 2.75) is 32.1 Å². The molecule has 0 spiro atoms. The Balaban J connectivity index is 1.65. The van der Waals surface area contributed by atoms with Crippen LogP contribution < -0.4 is 10.1 Å². The van der Waals surface area contributed by atoms with Crippen LogP contribution in [0.3, 0.4) is 0 Å². The number of nitriles is 1. The summed E-state index contributed by atoms with van der Waals surface area (Å²) in [6, 6.07) is 8.87. The minimum atomic E-state index is -0.634. The number of rotatable bonds is 5. The number of methoxy groups -OCH3 is 1. The molecule has 0 radical (unpaired) electrons. The van der Waals surface area contributed by atoms with Crippen molar-refractivity contribution in [2.75, 3.05) is 19.0 Å². The monoisotopic (exact) mass is 384 g/mol. The topological polar surface area (TPSA) is 88.4 Å². The average Bonchev–Trinajstić information content (AvgIpc) is 2.85. The molecule has 1 amide bonds. The van der Waals surface area contributed by atoms with E-state index in [0.29, 0.717) is 16.3 Å². The molecule has 0 saturated carbocycles. The van der Waals surface area contributed by atoms with Crippen molar-refractivity contribution in [1.82, 2.24) is 0 Å². The van der Waals surface area contributed by atoms with E-state index in [2.05, 4.69) is 11.4 Å². The van der Waals surface area contributed by atoms with Gasteiger partial charge in [0.15, 0.2) is 6.61 Å². The summed E-state index contributed by atoms with van der Waals surface area (Å²) in [6.07, 6.45) is 5.12. The van der Waals surface area contributed by atoms with Crippen molar-refractivity contribution in [3.8, 4) is 11.8 Å². The van der Waals surface area contributed by atoms with Crippen molar-refractivity contribution >= 4 is 28.2 Å². The number of thiophene rings is 1. The van der Waals surface area contributed by atoms with Gasteiger partial charge in [-0.05, 0) is 43.4 Å². The van der Waals surface area contributed by atoms with Crippen LogP contribution in [0.5, 0.6) is 5.75 Å². The summed E-state index contributed by atoms with van der Waals surface area (Å²) in [4.78, 5) is 25.6. The van der Waals surface area contributed by atoms with Gasteiger partial charge in [0.25, 0.3) is 5.91 Å². The van der Waals surface area contributed by atoms with Crippen LogP contribution in [0.4, 0.5) is 5.00 Å². The first-order chi connectivity index (χ1) is 13.1. The van der Waals surface area contributed by atoms with Crippen LogP contribution in [0, 0.1) is 11.3 Å². The first-order valence-corrected chi connectivity index (χ1v) is 9.60. The molecule has 1 heterocycles. The first kappa shape index (κ1) is 18.9. The van der Waals surface area contributed by atoms with Crippen LogP contribution in [-0.4, -0.2) is 25.6 Å². The van der Waals surface area contributed by atoms with Gasteiger partial charge in [-0.15, -0.1) is 11.3 Å². The fraction of sp³-hybridized carbons (Fsp3) is 0.350. The summed E-state index contributed by atoms with van der Waals surface area (Å²) in [5, 5.41) is 12.8. The molecule has 0 saturated heterocycles. The van der Waals surface area contributed by atoms with E-state index in [1.165, 1.54) is 23.3 Å². The van der Waals surface area contributed by atoms with E-state index in [4.69, 9.17) is 9.47 Å². The van der Waals surface area contributed by atoms with E-state index in [0.717, 1.165) is 37.7 Å². The van der Waals surface area contributed by atoms with Gasteiger partial charge in [0, 0.05) is 4.88 Å². The number of fused-ring (bicyclic) bond motifs is 1. The van der Waals surface area contributed by atoms with E-state index >= 15 is 0 Å². The van der Waals surface area contributed by atoms with Crippen molar-refractivity contribution in [3.63, 3.8) is 0 Å². The third kappa shape index (κ3) is 4.29. The lowest BCUT2D eigenvalue weighted by Gasteiger charge is -2.08. The molecule has 3 rings (SSSR count). The Hall–Kier alpha value is -2.85. The highest BCUT2D eigenvalue weighted by molar-refractivity contribution is 7.16. The molecule has 1 N–H and O–H groups in total. The summed E-state index contributed by atoms with van der Waals surface area (Å²) in [5.41, 5.74) is 1.86. The van der Waals surface area contributed by atoms with Crippen LogP contribution in [0.15, 0.2) is 24.3 Å². The lowest BCUT2D eigenvalue weighted by Crippen LogP contribution is -2.21. The zero-order valence-electron chi connectivity index (χ0n) is 15.0. The molecule has 0 fully saturated rings. The lowest BCUT2D eigenvalue weighted by molar-refractivity contribution is -0.119. The molecule has 140 valence electrons. The van der Waals surface area contributed by atoms with Crippen LogP contribution >= 0.6 is 11.3 Å². The van der Waals surface area contributed by atoms with Gasteiger partial charge >= 0.3 is 5.97 Å². The number of benzene rings is 1. The first-order valence-electron chi connectivity index (χ1n) is 8.78. The molecule has 7 heteroatoms. The number of para-hydroxylation sites is 1. The van der Waals surface area contributed by atoms with Gasteiger partial charge in [0.05, 0.1) is 12.7 Å². The fourth-order valence-electron chi connectivity index (χ4n) is 3.13. The summed E-state index contributed by atoms with van der Waals surface area (Å²) >= 11 is 1.45. The van der Waals surface area contributed by atoms with Gasteiger partial charge in [0.1, 0.15) is 22.4 Å². The number of nitrogens with one attached hydrogen (secondary N) is 1. The predicted octanol–water partition coefficient (Wildman–Crippen LogP) is 3.69. The number of aryl methyl sites for hydroxylation is 1. The van der Waals surface area contributed by atoms with Crippen molar-refractivity contribution in [1.29, 1.82) is 5.26 Å². The summed E-state index contributed by atoms with van der Waals surface area (Å²) in [5.74, 6) is -0.715. The highest BCUT2D eigenvalue weighted by Crippen LogP contribution is 2.36. The van der Waals surface area contributed by atoms with Gasteiger partial charge in [-0.3, -0.25) is 4.79 Å². The molecule has 0 bridgehead atoms. The lowest BCUT2D eigenvalue weighted by atomic mass is 10.1. The molecule has 0 unspecified atom stereocenters. The van der Waals surface area contributed by atoms with E-state index in [1.54, 1.807) is 24.3 Å². The zero-order chi connectivity index (χ0) is 19.2. The molecule has 0 atom stereocenters. The van der Waals surface area contributed by atoms with E-state index in [-0.39, 0.29) is 5.56 Å². The minimum Gasteiger partial charge on any atom is -0.496 e. The van der Waals surface area contributed by atoms with Crippen LogP contribution in [-0.2, 0) is 22.4 Å². The van der Waals surface area contributed by atoms with Gasteiger partial charge in [-0.2, -0.15) is 5.26 Å². The molecular weight excluding hydrogens is 364 g/mol. The number of hydrogen-bond acceptors (Lipinski definition) is 6. The van der Waals surface area contributed by atoms with Crippen molar-refractivity contribution in [2.24, 2.45) is 0 Å². The van der Waals surface area contributed by atoms with Crippen LogP contribution in [0.2, 0.25) is 0 Å². The quantitative estimate of drug-likeness (QED) is 0.627. The Bertz CT molecular complexity index is 898. The maximum atomic E-state index is 12.2. The number of ether oxygens (including phenoxy) is 2. The summed E-state index contributed by atoms with van der Waals surface area (Å²) < 4.78 is 10.2. The average molecular weight is 384 g/mol. The number of amides is 1. The zero-order valence-corrected chi connectivity index (χ0v) is 15.9. The summed E-state index contributed by atoms with van der Waals surface area (Å²) in [7, 11) is 1.46. The number of hydrogen-bond donors (Lipinski definition) is 1. The maximum absolute atomic E-state index is 12.2. The third-order valence-corrected chi connectivity index (χ3v) is 5.65. The van der Waals surface area contributed by atoms with Gasteiger partial charge in [-0.1, -0.05) is 18.6 Å². The molecule has 1 aliphatic rings. The molecule has 6 nitrogen and oxygen atoms in total. The van der Waals surface area contributed by atoms with Crippen LogP contribution in [0.1, 0.15) is 45.6 Å². The third-order valence-electron chi connectivity index (χ3n) is 4.45. The summed E-state index contributed by atoms with van der Waals surface area (Å²) in [6.45, 7) is -0.426. The second kappa shape index (κ2) is 8.69. The van der Waals surface area contributed by atoms with E-state index < -0.39 is 18.5 Å². The van der Waals surface area contributed by atoms with Crippen molar-refractivity contribution in [3.05, 3.63) is 45.8 Å². The Kier molecular flexibility index (Phi) is 6.09. The Morgan fingerprint density at radius 3 is 2.78 bits per heavy atom. The van der Waals surface area contributed by atoms with E-state index in [9.17, 15) is 14.9 Å². The Morgan fingerprint density at radius 2 is 2.00 bits per heavy atom. The van der Waals surface area contributed by atoms with Gasteiger partial charge in [-0.25, -0.2) is 4.79 Å². The Morgan fingerprint density at radius 1 is 1.22 bits per heavy atom. The normalized spacial score (nSPS) is 13.0. The number of esters is 1. The van der Waals surface area contributed by atoms with E-state index in [1.807, 2.05) is 0 Å². The number of carbonyl (C=O) groups is 2. The smallest absolute Gasteiger partial charge is 0.342 e. The second-order valence-corrected chi connectivity index (χ2v) is 7.31. The highest BCUT2D eigenvalue weighted by atomic mass is 32.1. The molecule has 0 aliphatic heterocycles. The number of carbonyl (C=O) groups excluding carboxylic acids is 2. The molecule has 2 aromatic rings. The molecule has 27 heavy (non-hydrogen) atoms. The molecule has 1 aromatic heterocycles. The van der Waals surface area contributed by atoms with Crippen LogP contribution in [0.25, 0.3) is 0 Å². The minimum absolute atomic E-state index is 0.258. The molecule has 1 aromatic carbocycles. The van der Waals surface area contributed by atoms with Gasteiger partial charge in [0.2, 0.25) is 0 Å². The fourth-order valence-corrected chi connectivity index (χ4v) is 4.39. The number of anilines is 1.